The normalized spacial score (nSPS) is 13.4. The maximum Gasteiger partial charge on any atom is 0.315 e. The largest absolute Gasteiger partial charge is 0.334 e. The molecule has 0 aromatic heterocycles. The molecule has 0 spiro atoms. The van der Waals surface area contributed by atoms with E-state index in [0.29, 0.717) is 0 Å². The maximum atomic E-state index is 12.7. The van der Waals surface area contributed by atoms with E-state index in [1.807, 2.05) is 64.6 Å². The molecule has 2 atom stereocenters. The Kier molecular flexibility index (Phi) is 8.98. The average Bonchev–Trinajstić information content (AvgIpc) is 2.62. The van der Waals surface area contributed by atoms with Gasteiger partial charge in [-0.3, -0.25) is 0 Å². The molecule has 28 heavy (non-hydrogen) atoms. The van der Waals surface area contributed by atoms with Gasteiger partial charge in [0.25, 0.3) is 0 Å². The van der Waals surface area contributed by atoms with Crippen molar-refractivity contribution >= 4 is 6.03 Å². The van der Waals surface area contributed by atoms with E-state index in [1.165, 1.54) is 11.1 Å². The van der Waals surface area contributed by atoms with Crippen molar-refractivity contribution in [3.8, 4) is 0 Å². The predicted octanol–water partition coefficient (Wildman–Crippen LogP) is 2.63. The molecule has 2 amide bonds. The molecule has 0 saturated heterocycles. The molecule has 2 aromatic carbocycles. The first-order valence-electron chi connectivity index (χ1n) is 9.86. The van der Waals surface area contributed by atoms with E-state index in [9.17, 15) is 4.79 Å². The van der Waals surface area contributed by atoms with Crippen LogP contribution in [0.2, 0.25) is 0 Å². The van der Waals surface area contributed by atoms with Crippen molar-refractivity contribution in [2.45, 2.75) is 24.9 Å². The van der Waals surface area contributed by atoms with Gasteiger partial charge in [-0.05, 0) is 52.2 Å². The molecule has 0 radical (unpaired) electrons. The number of hydrogen-bond acceptors (Lipinski definition) is 3. The number of benzene rings is 2. The van der Waals surface area contributed by atoms with Crippen molar-refractivity contribution in [1.82, 2.24) is 20.4 Å². The van der Waals surface area contributed by atoms with Gasteiger partial charge in [-0.1, -0.05) is 60.7 Å². The highest BCUT2D eigenvalue weighted by Gasteiger charge is 2.18. The van der Waals surface area contributed by atoms with E-state index >= 15 is 0 Å². The van der Waals surface area contributed by atoms with Crippen molar-refractivity contribution in [1.29, 1.82) is 0 Å². The van der Waals surface area contributed by atoms with Gasteiger partial charge in [0, 0.05) is 25.2 Å². The molecule has 0 fully saturated rings. The van der Waals surface area contributed by atoms with Gasteiger partial charge in [0.2, 0.25) is 0 Å². The van der Waals surface area contributed by atoms with E-state index < -0.39 is 0 Å². The van der Waals surface area contributed by atoms with E-state index in [-0.39, 0.29) is 18.1 Å². The molecule has 0 aliphatic heterocycles. The van der Waals surface area contributed by atoms with Gasteiger partial charge in [-0.15, -0.1) is 0 Å². The highest BCUT2D eigenvalue weighted by Crippen LogP contribution is 2.06. The molecular formula is C23H34N4O. The lowest BCUT2D eigenvalue weighted by Gasteiger charge is -2.26. The van der Waals surface area contributed by atoms with E-state index in [0.717, 1.165) is 25.9 Å². The molecule has 5 heteroatoms. The van der Waals surface area contributed by atoms with Crippen molar-refractivity contribution < 1.29 is 4.79 Å². The van der Waals surface area contributed by atoms with Crippen LogP contribution in [-0.2, 0) is 12.8 Å². The van der Waals surface area contributed by atoms with E-state index in [4.69, 9.17) is 0 Å². The number of rotatable bonds is 10. The fourth-order valence-electron chi connectivity index (χ4n) is 3.41. The highest BCUT2D eigenvalue weighted by molar-refractivity contribution is 5.74. The van der Waals surface area contributed by atoms with Crippen LogP contribution in [0.4, 0.5) is 4.79 Å². The zero-order chi connectivity index (χ0) is 20.4. The molecule has 2 N–H and O–H groups in total. The Labute approximate surface area is 169 Å². The summed E-state index contributed by atoms with van der Waals surface area (Å²) in [5.74, 6) is 0. The van der Waals surface area contributed by atoms with Crippen LogP contribution in [0.15, 0.2) is 60.7 Å². The topological polar surface area (TPSA) is 47.6 Å². The third kappa shape index (κ3) is 8.55. The molecular weight excluding hydrogens is 348 g/mol. The third-order valence-electron chi connectivity index (χ3n) is 4.49. The smallest absolute Gasteiger partial charge is 0.315 e. The lowest BCUT2D eigenvalue weighted by Crippen LogP contribution is -2.52. The summed E-state index contributed by atoms with van der Waals surface area (Å²) in [7, 11) is 8.12. The number of urea groups is 1. The summed E-state index contributed by atoms with van der Waals surface area (Å²) in [6.07, 6.45) is 1.62. The number of nitrogens with one attached hydrogen (secondary N) is 2. The lowest BCUT2D eigenvalue weighted by atomic mass is 10.0. The van der Waals surface area contributed by atoms with Gasteiger partial charge in [0.1, 0.15) is 0 Å². The SMILES string of the molecule is CN(C)C[C@@H](Cc1ccccc1)NC(=O)N[C@H](Cc1ccccc1)CN(C)C. The second kappa shape index (κ2) is 11.5. The highest BCUT2D eigenvalue weighted by atomic mass is 16.2. The molecule has 2 aromatic rings. The van der Waals surface area contributed by atoms with Gasteiger partial charge in [0.05, 0.1) is 0 Å². The van der Waals surface area contributed by atoms with E-state index in [1.54, 1.807) is 0 Å². The van der Waals surface area contributed by atoms with Gasteiger partial charge in [-0.2, -0.15) is 0 Å². The summed E-state index contributed by atoms with van der Waals surface area (Å²) in [5.41, 5.74) is 2.45. The number of nitrogens with zero attached hydrogens (tertiary/aromatic N) is 2. The Bertz CT molecular complexity index is 629. The van der Waals surface area contributed by atoms with Crippen molar-refractivity contribution in [2.24, 2.45) is 0 Å². The predicted molar refractivity (Wildman–Crippen MR) is 117 cm³/mol. The first-order chi connectivity index (χ1) is 13.4. The minimum absolute atomic E-state index is 0.0501. The second-order valence-electron chi connectivity index (χ2n) is 7.92. The van der Waals surface area contributed by atoms with Crippen LogP contribution in [0.1, 0.15) is 11.1 Å². The van der Waals surface area contributed by atoms with Crippen molar-refractivity contribution in [3.05, 3.63) is 71.8 Å². The first-order valence-corrected chi connectivity index (χ1v) is 9.86. The molecule has 0 unspecified atom stereocenters. The van der Waals surface area contributed by atoms with Crippen LogP contribution in [-0.4, -0.2) is 69.2 Å². The molecule has 0 aliphatic carbocycles. The Morgan fingerprint density at radius 2 is 1.07 bits per heavy atom. The number of likely N-dealkylation sites (N-methyl/N-ethyl adjacent to an activating group) is 2. The number of carbonyl (C=O) groups is 1. The minimum atomic E-state index is -0.106. The lowest BCUT2D eigenvalue weighted by molar-refractivity contribution is 0.224. The molecule has 5 nitrogen and oxygen atoms in total. The summed E-state index contributed by atoms with van der Waals surface area (Å²) in [5, 5.41) is 6.35. The van der Waals surface area contributed by atoms with Crippen LogP contribution >= 0.6 is 0 Å². The van der Waals surface area contributed by atoms with Crippen LogP contribution in [0, 0.1) is 0 Å². The molecule has 0 heterocycles. The Morgan fingerprint density at radius 3 is 1.39 bits per heavy atom. The molecule has 152 valence electrons. The van der Waals surface area contributed by atoms with Crippen molar-refractivity contribution in [2.75, 3.05) is 41.3 Å². The Morgan fingerprint density at radius 1 is 0.714 bits per heavy atom. The quantitative estimate of drug-likeness (QED) is 0.664. The third-order valence-corrected chi connectivity index (χ3v) is 4.49. The van der Waals surface area contributed by atoms with Gasteiger partial charge < -0.3 is 20.4 Å². The molecule has 2 rings (SSSR count). The molecule has 0 saturated carbocycles. The Hall–Kier alpha value is -2.37. The summed E-state index contributed by atoms with van der Waals surface area (Å²) < 4.78 is 0. The monoisotopic (exact) mass is 382 g/mol. The summed E-state index contributed by atoms with van der Waals surface area (Å²) in [4.78, 5) is 17.0. The Balaban J connectivity index is 1.98. The van der Waals surface area contributed by atoms with Crippen molar-refractivity contribution in [3.63, 3.8) is 0 Å². The second-order valence-corrected chi connectivity index (χ2v) is 7.92. The van der Waals surface area contributed by atoms with Gasteiger partial charge >= 0.3 is 6.03 Å². The summed E-state index contributed by atoms with van der Waals surface area (Å²) in [6.45, 7) is 1.58. The molecule has 0 bridgehead atoms. The van der Waals surface area contributed by atoms with Gasteiger partial charge in [-0.25, -0.2) is 4.79 Å². The van der Waals surface area contributed by atoms with Crippen LogP contribution < -0.4 is 10.6 Å². The first kappa shape index (κ1) is 21.9. The van der Waals surface area contributed by atoms with E-state index in [2.05, 4.69) is 44.7 Å². The minimum Gasteiger partial charge on any atom is -0.334 e. The fourth-order valence-corrected chi connectivity index (χ4v) is 3.41. The standard InChI is InChI=1S/C23H34N4O/c1-26(2)17-21(15-19-11-7-5-8-12-19)24-23(28)25-22(18-27(3)4)16-20-13-9-6-10-14-20/h5-14,21-22H,15-18H2,1-4H3,(H2,24,25,28)/t21-,22-/m1/s1. The van der Waals surface area contributed by atoms with Crippen LogP contribution in [0.25, 0.3) is 0 Å². The van der Waals surface area contributed by atoms with Crippen LogP contribution in [0.5, 0.6) is 0 Å². The number of amides is 2. The van der Waals surface area contributed by atoms with Gasteiger partial charge in [0.15, 0.2) is 0 Å². The molecule has 0 aliphatic rings. The summed E-state index contributed by atoms with van der Waals surface area (Å²) in [6, 6.07) is 20.6. The summed E-state index contributed by atoms with van der Waals surface area (Å²) >= 11 is 0. The maximum absolute atomic E-state index is 12.7. The fraction of sp³-hybridized carbons (Fsp3) is 0.435. The zero-order valence-electron chi connectivity index (χ0n) is 17.6. The number of carbonyl (C=O) groups excluding carboxylic acids is 1. The zero-order valence-corrected chi connectivity index (χ0v) is 17.6. The number of hydrogen-bond donors (Lipinski definition) is 2. The van der Waals surface area contributed by atoms with Crippen LogP contribution in [0.3, 0.4) is 0 Å². The average molecular weight is 383 g/mol.